The van der Waals surface area contributed by atoms with E-state index >= 15 is 0 Å². The molecule has 0 fully saturated rings. The Hall–Kier alpha value is -1.27. The van der Waals surface area contributed by atoms with E-state index in [1.807, 2.05) is 0 Å². The van der Waals surface area contributed by atoms with Crippen LogP contribution >= 0.6 is 0 Å². The summed E-state index contributed by atoms with van der Waals surface area (Å²) in [5.41, 5.74) is 0.285. The number of hydrogen-bond donors (Lipinski definition) is 1. The number of aldehydes is 1. The van der Waals surface area contributed by atoms with Gasteiger partial charge in [0, 0.05) is 11.1 Å². The summed E-state index contributed by atoms with van der Waals surface area (Å²) < 4.78 is 37.3. The first-order chi connectivity index (χ1) is 6.63. The van der Waals surface area contributed by atoms with E-state index in [0.717, 1.165) is 6.07 Å². The first kappa shape index (κ1) is 10.8. The summed E-state index contributed by atoms with van der Waals surface area (Å²) in [6.07, 6.45) is 0.502. The zero-order valence-corrected chi connectivity index (χ0v) is 7.87. The minimum atomic E-state index is -2.98. The fraction of sp³-hybridized carbons (Fsp3) is 0.125. The Labute approximate surface area is 81.5 Å². The molecule has 0 heterocycles. The van der Waals surface area contributed by atoms with Gasteiger partial charge in [0.15, 0.2) is 0 Å². The molecule has 1 aromatic rings. The largest absolute Gasteiger partial charge is 0.298 e. The van der Waals surface area contributed by atoms with Gasteiger partial charge in [-0.05, 0) is 6.07 Å². The second-order valence-corrected chi connectivity index (χ2v) is 3.17. The maximum Gasteiger partial charge on any atom is 0.257 e. The molecule has 0 atom stereocenters. The second kappa shape index (κ2) is 4.83. The SMILES string of the molecule is O=Cc1ccc(CO[SH](=O)=O)c(F)c1. The van der Waals surface area contributed by atoms with Gasteiger partial charge >= 0.3 is 0 Å². The highest BCUT2D eigenvalue weighted by Crippen LogP contribution is 2.10. The van der Waals surface area contributed by atoms with Crippen molar-refractivity contribution in [3.8, 4) is 0 Å². The maximum atomic E-state index is 13.1. The molecule has 0 spiro atoms. The highest BCUT2D eigenvalue weighted by molar-refractivity contribution is 7.67. The molecule has 0 aliphatic carbocycles. The molecule has 0 aliphatic heterocycles. The molecule has 76 valence electrons. The number of rotatable bonds is 4. The Morgan fingerprint density at radius 1 is 1.43 bits per heavy atom. The van der Waals surface area contributed by atoms with Crippen molar-refractivity contribution in [3.05, 3.63) is 35.1 Å². The molecule has 14 heavy (non-hydrogen) atoms. The van der Waals surface area contributed by atoms with Crippen LogP contribution in [-0.4, -0.2) is 14.7 Å². The number of carbonyl (C=O) groups is 1. The average molecular weight is 218 g/mol. The molecule has 0 unspecified atom stereocenters. The summed E-state index contributed by atoms with van der Waals surface area (Å²) in [7, 11) is -2.98. The van der Waals surface area contributed by atoms with Crippen LogP contribution in [0.3, 0.4) is 0 Å². The van der Waals surface area contributed by atoms with E-state index in [9.17, 15) is 17.6 Å². The third kappa shape index (κ3) is 2.90. The lowest BCUT2D eigenvalue weighted by molar-refractivity contribution is 0.112. The van der Waals surface area contributed by atoms with E-state index in [2.05, 4.69) is 4.18 Å². The van der Waals surface area contributed by atoms with Crippen molar-refractivity contribution in [2.45, 2.75) is 6.61 Å². The Balaban J connectivity index is 2.83. The first-order valence-corrected chi connectivity index (χ1v) is 4.74. The van der Waals surface area contributed by atoms with E-state index < -0.39 is 16.8 Å². The van der Waals surface area contributed by atoms with E-state index in [4.69, 9.17) is 0 Å². The highest BCUT2D eigenvalue weighted by Gasteiger charge is 2.03. The summed E-state index contributed by atoms with van der Waals surface area (Å²) in [4.78, 5) is 10.2. The predicted octanol–water partition coefficient (Wildman–Crippen LogP) is 0.681. The van der Waals surface area contributed by atoms with Crippen LogP contribution < -0.4 is 0 Å². The van der Waals surface area contributed by atoms with E-state index in [-0.39, 0.29) is 17.7 Å². The highest BCUT2D eigenvalue weighted by atomic mass is 32.2. The molecule has 0 radical (unpaired) electrons. The first-order valence-electron chi connectivity index (χ1n) is 3.64. The molecule has 0 aliphatic rings. The van der Waals surface area contributed by atoms with Crippen LogP contribution in [0.4, 0.5) is 4.39 Å². The number of hydrogen-bond acceptors (Lipinski definition) is 4. The van der Waals surface area contributed by atoms with Gasteiger partial charge in [-0.3, -0.25) is 8.98 Å². The van der Waals surface area contributed by atoms with Gasteiger partial charge in [0.1, 0.15) is 12.1 Å². The maximum absolute atomic E-state index is 13.1. The molecule has 0 saturated heterocycles. The van der Waals surface area contributed by atoms with Gasteiger partial charge in [0.2, 0.25) is 0 Å². The smallest absolute Gasteiger partial charge is 0.257 e. The molecule has 4 nitrogen and oxygen atoms in total. The topological polar surface area (TPSA) is 60.4 Å². The summed E-state index contributed by atoms with van der Waals surface area (Å²) in [5, 5.41) is 0. The lowest BCUT2D eigenvalue weighted by atomic mass is 10.1. The van der Waals surface area contributed by atoms with Gasteiger partial charge < -0.3 is 0 Å². The molecule has 0 amide bonds. The normalized spacial score (nSPS) is 10.4. The lowest BCUT2D eigenvalue weighted by Gasteiger charge is -2.00. The van der Waals surface area contributed by atoms with E-state index in [0.29, 0.717) is 6.29 Å². The minimum absolute atomic E-state index is 0.0924. The lowest BCUT2D eigenvalue weighted by Crippen LogP contribution is -1.95. The molecule has 0 N–H and O–H groups in total. The zero-order chi connectivity index (χ0) is 10.6. The summed E-state index contributed by atoms with van der Waals surface area (Å²) in [6, 6.07) is 3.70. The van der Waals surface area contributed by atoms with E-state index in [1.165, 1.54) is 12.1 Å². The fourth-order valence-corrected chi connectivity index (χ4v) is 1.12. The van der Waals surface area contributed by atoms with Crippen molar-refractivity contribution in [2.24, 2.45) is 0 Å². The van der Waals surface area contributed by atoms with Crippen molar-refractivity contribution in [1.29, 1.82) is 0 Å². The third-order valence-corrected chi connectivity index (χ3v) is 1.88. The second-order valence-electron chi connectivity index (χ2n) is 2.47. The number of benzene rings is 1. The molecule has 0 bridgehead atoms. The Bertz CT molecular complexity index is 406. The van der Waals surface area contributed by atoms with Gasteiger partial charge in [-0.15, -0.1) is 0 Å². The van der Waals surface area contributed by atoms with Gasteiger partial charge in [0.05, 0.1) is 6.61 Å². The van der Waals surface area contributed by atoms with Crippen molar-refractivity contribution >= 4 is 17.3 Å². The van der Waals surface area contributed by atoms with Crippen molar-refractivity contribution in [1.82, 2.24) is 0 Å². The van der Waals surface area contributed by atoms with Crippen molar-refractivity contribution in [3.63, 3.8) is 0 Å². The van der Waals surface area contributed by atoms with Gasteiger partial charge in [0.25, 0.3) is 11.0 Å². The average Bonchev–Trinajstić information content (AvgIpc) is 2.15. The Morgan fingerprint density at radius 3 is 2.64 bits per heavy atom. The number of halogens is 1. The van der Waals surface area contributed by atoms with Crippen LogP contribution in [0.1, 0.15) is 15.9 Å². The van der Waals surface area contributed by atoms with Crippen molar-refractivity contribution in [2.75, 3.05) is 0 Å². The number of carbonyl (C=O) groups excluding carboxylic acids is 1. The van der Waals surface area contributed by atoms with Crippen molar-refractivity contribution < 1.29 is 21.8 Å². The monoisotopic (exact) mass is 218 g/mol. The van der Waals surface area contributed by atoms with Gasteiger partial charge in [-0.25, -0.2) is 12.8 Å². The van der Waals surface area contributed by atoms with Crippen LogP contribution in [0.5, 0.6) is 0 Å². The van der Waals surface area contributed by atoms with Crippen LogP contribution in [0.25, 0.3) is 0 Å². The zero-order valence-electron chi connectivity index (χ0n) is 6.97. The molecule has 0 saturated carbocycles. The third-order valence-electron chi connectivity index (χ3n) is 1.54. The Kier molecular flexibility index (Phi) is 3.73. The molecule has 6 heteroatoms. The van der Waals surface area contributed by atoms with Gasteiger partial charge in [-0.2, -0.15) is 0 Å². The van der Waals surface area contributed by atoms with E-state index in [1.54, 1.807) is 0 Å². The number of thiol groups is 1. The summed E-state index contributed by atoms with van der Waals surface area (Å²) in [6.45, 7) is -0.357. The van der Waals surface area contributed by atoms with Crippen LogP contribution in [0, 0.1) is 5.82 Å². The molecular formula is C8H7FO4S. The molecular weight excluding hydrogens is 211 g/mol. The summed E-state index contributed by atoms with van der Waals surface area (Å²) >= 11 is 0. The Morgan fingerprint density at radius 2 is 2.14 bits per heavy atom. The van der Waals surface area contributed by atoms with Crippen LogP contribution in [-0.2, 0) is 21.8 Å². The minimum Gasteiger partial charge on any atom is -0.298 e. The predicted molar refractivity (Wildman–Crippen MR) is 46.9 cm³/mol. The van der Waals surface area contributed by atoms with Gasteiger partial charge in [-0.1, -0.05) is 12.1 Å². The summed E-state index contributed by atoms with van der Waals surface area (Å²) in [5.74, 6) is -0.661. The standard InChI is InChI=1S/C8H7FO4S/c9-8-3-6(4-10)1-2-7(8)5-13-14(11)12/h1-4,14H,5H2. The fourth-order valence-electron chi connectivity index (χ4n) is 0.876. The quantitative estimate of drug-likeness (QED) is 0.596. The van der Waals surface area contributed by atoms with Crippen LogP contribution in [0.2, 0.25) is 0 Å². The molecule has 1 aromatic carbocycles. The molecule has 1 rings (SSSR count). The molecule has 0 aromatic heterocycles. The van der Waals surface area contributed by atoms with Crippen LogP contribution in [0.15, 0.2) is 18.2 Å².